The van der Waals surface area contributed by atoms with Gasteiger partial charge in [-0.1, -0.05) is 6.07 Å². The number of fused-ring (bicyclic) bond motifs is 2. The summed E-state index contributed by atoms with van der Waals surface area (Å²) in [5, 5.41) is 11.5. The molecule has 164 valence electrons. The minimum atomic E-state index is -0.829. The van der Waals surface area contributed by atoms with Gasteiger partial charge in [0.1, 0.15) is 11.4 Å². The van der Waals surface area contributed by atoms with Crippen molar-refractivity contribution in [3.05, 3.63) is 109 Å². The molecule has 0 bridgehead atoms. The molecule has 1 atom stereocenters. The van der Waals surface area contributed by atoms with Gasteiger partial charge in [-0.05, 0) is 73.9 Å². The lowest BCUT2D eigenvalue weighted by Crippen LogP contribution is -2.30. The van der Waals surface area contributed by atoms with Gasteiger partial charge < -0.3 is 4.42 Å². The Balaban J connectivity index is 1.80. The molecular formula is C25H19N3O5. The van der Waals surface area contributed by atoms with E-state index in [0.29, 0.717) is 28.0 Å². The van der Waals surface area contributed by atoms with Crippen LogP contribution < -0.4 is 10.3 Å². The van der Waals surface area contributed by atoms with Crippen molar-refractivity contribution < 1.29 is 14.1 Å². The first kappa shape index (κ1) is 20.6. The van der Waals surface area contributed by atoms with Gasteiger partial charge in [0.25, 0.3) is 11.6 Å². The molecule has 2 aromatic carbocycles. The molecule has 0 spiro atoms. The van der Waals surface area contributed by atoms with Crippen molar-refractivity contribution in [3.63, 3.8) is 0 Å². The van der Waals surface area contributed by atoms with Crippen LogP contribution in [0, 0.1) is 30.9 Å². The summed E-state index contributed by atoms with van der Waals surface area (Å²) in [6.07, 6.45) is 0. The highest BCUT2D eigenvalue weighted by Crippen LogP contribution is 2.41. The van der Waals surface area contributed by atoms with Crippen LogP contribution in [0.3, 0.4) is 0 Å². The number of aromatic nitrogens is 1. The van der Waals surface area contributed by atoms with E-state index >= 15 is 0 Å². The van der Waals surface area contributed by atoms with Gasteiger partial charge in [0.2, 0.25) is 5.76 Å². The molecule has 1 amide bonds. The van der Waals surface area contributed by atoms with Crippen LogP contribution in [0.5, 0.6) is 0 Å². The van der Waals surface area contributed by atoms with Crippen LogP contribution in [0.1, 0.15) is 44.5 Å². The van der Waals surface area contributed by atoms with E-state index < -0.39 is 16.9 Å². The van der Waals surface area contributed by atoms with Crippen molar-refractivity contribution in [2.75, 3.05) is 4.90 Å². The zero-order valence-electron chi connectivity index (χ0n) is 18.2. The standard InChI is InChI=1S/C25H19N3O5/c1-13-11-18-19(12-14(13)2)33-24-21(23(18)29)22(16-7-9-17(10-8-16)28(31)32)27(25(24)30)20-6-4-5-15(3)26-20/h4-12,22H,1-3H3/t22-/m0/s1. The Labute approximate surface area is 188 Å². The summed E-state index contributed by atoms with van der Waals surface area (Å²) in [7, 11) is 0. The Morgan fingerprint density at radius 3 is 2.36 bits per heavy atom. The van der Waals surface area contributed by atoms with Crippen LogP contribution in [0.25, 0.3) is 11.0 Å². The summed E-state index contributed by atoms with van der Waals surface area (Å²) in [4.78, 5) is 43.8. The van der Waals surface area contributed by atoms with Crippen LogP contribution in [-0.2, 0) is 0 Å². The van der Waals surface area contributed by atoms with Crippen LogP contribution in [0.2, 0.25) is 0 Å². The maximum Gasteiger partial charge on any atom is 0.296 e. The van der Waals surface area contributed by atoms with Crippen molar-refractivity contribution in [2.45, 2.75) is 26.8 Å². The normalized spacial score (nSPS) is 15.2. The SMILES string of the molecule is Cc1cccc(N2C(=O)c3oc4cc(C)c(C)cc4c(=O)c3[C@@H]2c2ccc([N+](=O)[O-])cc2)n1. The molecule has 0 fully saturated rings. The third-order valence-corrected chi connectivity index (χ3v) is 6.03. The number of nitrogens with zero attached hydrogens (tertiary/aromatic N) is 3. The third kappa shape index (κ3) is 3.18. The van der Waals surface area contributed by atoms with E-state index in [9.17, 15) is 19.7 Å². The van der Waals surface area contributed by atoms with E-state index in [0.717, 1.165) is 11.1 Å². The van der Waals surface area contributed by atoms with Gasteiger partial charge in [0.05, 0.1) is 21.9 Å². The van der Waals surface area contributed by atoms with Gasteiger partial charge in [0, 0.05) is 17.8 Å². The predicted molar refractivity (Wildman–Crippen MR) is 123 cm³/mol. The van der Waals surface area contributed by atoms with Crippen LogP contribution in [0.4, 0.5) is 11.5 Å². The highest BCUT2D eigenvalue weighted by Gasteiger charge is 2.44. The molecule has 8 nitrogen and oxygen atoms in total. The molecule has 5 rings (SSSR count). The number of non-ortho nitro benzene ring substituents is 1. The number of hydrogen-bond donors (Lipinski definition) is 0. The minimum Gasteiger partial charge on any atom is -0.450 e. The quantitative estimate of drug-likeness (QED) is 0.335. The van der Waals surface area contributed by atoms with E-state index in [2.05, 4.69) is 4.98 Å². The number of amides is 1. The van der Waals surface area contributed by atoms with E-state index in [1.165, 1.54) is 17.0 Å². The highest BCUT2D eigenvalue weighted by molar-refractivity contribution is 6.10. The number of rotatable bonds is 3. The second-order valence-corrected chi connectivity index (χ2v) is 8.17. The molecule has 1 aliphatic heterocycles. The van der Waals surface area contributed by atoms with E-state index in [1.54, 1.807) is 49.4 Å². The molecule has 0 N–H and O–H groups in total. The first-order valence-electron chi connectivity index (χ1n) is 10.4. The highest BCUT2D eigenvalue weighted by atomic mass is 16.6. The molecule has 3 heterocycles. The second kappa shape index (κ2) is 7.37. The third-order valence-electron chi connectivity index (χ3n) is 6.03. The molecule has 1 aliphatic rings. The number of carbonyl (C=O) groups is 1. The van der Waals surface area contributed by atoms with Crippen molar-refractivity contribution in [1.29, 1.82) is 0 Å². The maximum absolute atomic E-state index is 13.7. The van der Waals surface area contributed by atoms with Gasteiger partial charge in [-0.25, -0.2) is 4.98 Å². The topological polar surface area (TPSA) is 107 Å². The Hall–Kier alpha value is -4.33. The number of nitro benzene ring substituents is 1. The van der Waals surface area contributed by atoms with E-state index in [1.807, 2.05) is 13.8 Å². The van der Waals surface area contributed by atoms with Crippen molar-refractivity contribution in [3.8, 4) is 0 Å². The number of pyridine rings is 1. The average Bonchev–Trinajstić information content (AvgIpc) is 3.08. The van der Waals surface area contributed by atoms with Crippen LogP contribution in [0.15, 0.2) is 63.8 Å². The largest absolute Gasteiger partial charge is 0.450 e. The summed E-state index contributed by atoms with van der Waals surface area (Å²) >= 11 is 0. The zero-order chi connectivity index (χ0) is 23.4. The summed E-state index contributed by atoms with van der Waals surface area (Å²) < 4.78 is 6.00. The fourth-order valence-electron chi connectivity index (χ4n) is 4.22. The molecule has 0 saturated heterocycles. The lowest BCUT2D eigenvalue weighted by atomic mass is 9.97. The van der Waals surface area contributed by atoms with Gasteiger partial charge >= 0.3 is 0 Å². The molecule has 0 saturated carbocycles. The first-order valence-corrected chi connectivity index (χ1v) is 10.4. The average molecular weight is 441 g/mol. The first-order chi connectivity index (χ1) is 15.8. The van der Waals surface area contributed by atoms with E-state index in [4.69, 9.17) is 4.42 Å². The fraction of sp³-hybridized carbons (Fsp3) is 0.160. The van der Waals surface area contributed by atoms with Gasteiger partial charge in [-0.3, -0.25) is 24.6 Å². The molecule has 33 heavy (non-hydrogen) atoms. The Morgan fingerprint density at radius 1 is 1.00 bits per heavy atom. The van der Waals surface area contributed by atoms with Gasteiger partial charge in [0.15, 0.2) is 5.43 Å². The fourth-order valence-corrected chi connectivity index (χ4v) is 4.22. The maximum atomic E-state index is 13.7. The number of benzene rings is 2. The molecule has 4 aromatic rings. The van der Waals surface area contributed by atoms with E-state index in [-0.39, 0.29) is 22.4 Å². The number of anilines is 1. The number of hydrogen-bond acceptors (Lipinski definition) is 6. The van der Waals surface area contributed by atoms with Gasteiger partial charge in [-0.2, -0.15) is 0 Å². The molecule has 0 radical (unpaired) electrons. The lowest BCUT2D eigenvalue weighted by Gasteiger charge is -2.24. The molecule has 8 heteroatoms. The Kier molecular flexibility index (Phi) is 4.59. The summed E-state index contributed by atoms with van der Waals surface area (Å²) in [5.74, 6) is -0.156. The Morgan fingerprint density at radius 2 is 1.70 bits per heavy atom. The number of aryl methyl sites for hydroxylation is 3. The van der Waals surface area contributed by atoms with Crippen molar-refractivity contribution >= 4 is 28.4 Å². The smallest absolute Gasteiger partial charge is 0.296 e. The molecule has 0 unspecified atom stereocenters. The monoisotopic (exact) mass is 441 g/mol. The van der Waals surface area contributed by atoms with Crippen LogP contribution >= 0.6 is 0 Å². The zero-order valence-corrected chi connectivity index (χ0v) is 18.2. The molecule has 0 aliphatic carbocycles. The summed E-state index contributed by atoms with van der Waals surface area (Å²) in [6, 6.07) is 13.8. The Bertz CT molecular complexity index is 1520. The lowest BCUT2D eigenvalue weighted by molar-refractivity contribution is -0.384. The van der Waals surface area contributed by atoms with Gasteiger partial charge in [-0.15, -0.1) is 0 Å². The van der Waals surface area contributed by atoms with Crippen molar-refractivity contribution in [1.82, 2.24) is 4.98 Å². The van der Waals surface area contributed by atoms with Crippen molar-refractivity contribution in [2.24, 2.45) is 0 Å². The number of nitro groups is 1. The summed E-state index contributed by atoms with van der Waals surface area (Å²) in [6.45, 7) is 5.62. The molecule has 2 aromatic heterocycles. The molecular weight excluding hydrogens is 422 g/mol. The van der Waals surface area contributed by atoms with Crippen LogP contribution in [-0.4, -0.2) is 15.8 Å². The second-order valence-electron chi connectivity index (χ2n) is 8.17. The summed E-state index contributed by atoms with van der Waals surface area (Å²) in [5.41, 5.74) is 3.29. The number of carbonyl (C=O) groups excluding carboxylic acids is 1. The predicted octanol–water partition coefficient (Wildman–Crippen LogP) is 4.77. The minimum absolute atomic E-state index is 0.0394.